The third kappa shape index (κ3) is 3.71. The molecule has 1 N–H and O–H groups in total. The summed E-state index contributed by atoms with van der Waals surface area (Å²) in [6.45, 7) is 5.60. The predicted molar refractivity (Wildman–Crippen MR) is 99.4 cm³/mol. The summed E-state index contributed by atoms with van der Waals surface area (Å²) in [4.78, 5) is 16.7. The number of rotatable bonds is 5. The Bertz CT molecular complexity index is 881. The molecule has 0 atom stereocenters. The summed E-state index contributed by atoms with van der Waals surface area (Å²) in [6.07, 6.45) is 0. The van der Waals surface area contributed by atoms with Gasteiger partial charge in [-0.1, -0.05) is 13.8 Å². The largest absolute Gasteiger partial charge is 0.497 e. The Morgan fingerprint density at radius 3 is 2.64 bits per heavy atom. The third-order valence-electron chi connectivity index (χ3n) is 3.67. The van der Waals surface area contributed by atoms with Gasteiger partial charge in [0.15, 0.2) is 0 Å². The maximum Gasteiger partial charge on any atom is 0.228 e. The van der Waals surface area contributed by atoms with Gasteiger partial charge in [-0.2, -0.15) is 9.78 Å². The zero-order valence-corrected chi connectivity index (χ0v) is 15.4. The zero-order valence-electron chi connectivity index (χ0n) is 14.6. The summed E-state index contributed by atoms with van der Waals surface area (Å²) in [5.74, 6) is 1.29. The molecule has 3 rings (SSSR count). The number of hydrogen-bond acceptors (Lipinski definition) is 5. The van der Waals surface area contributed by atoms with Crippen LogP contribution in [0.25, 0.3) is 16.4 Å². The van der Waals surface area contributed by atoms with Crippen LogP contribution < -0.4 is 10.1 Å². The van der Waals surface area contributed by atoms with E-state index in [1.54, 1.807) is 11.8 Å². The first-order valence-corrected chi connectivity index (χ1v) is 8.83. The van der Waals surface area contributed by atoms with E-state index in [9.17, 15) is 4.79 Å². The monoisotopic (exact) mass is 356 g/mol. The van der Waals surface area contributed by atoms with Crippen LogP contribution in [0.4, 0.5) is 5.82 Å². The Morgan fingerprint density at radius 1 is 1.28 bits per heavy atom. The molecule has 0 bridgehead atoms. The number of benzene rings is 1. The van der Waals surface area contributed by atoms with Crippen molar-refractivity contribution in [3.05, 3.63) is 41.4 Å². The lowest BCUT2D eigenvalue weighted by Crippen LogP contribution is -2.19. The molecule has 0 aliphatic heterocycles. The molecule has 25 heavy (non-hydrogen) atoms. The molecule has 130 valence electrons. The Morgan fingerprint density at radius 2 is 2.00 bits per heavy atom. The Hall–Kier alpha value is -2.67. The molecule has 3 aromatic rings. The molecule has 2 aromatic heterocycles. The number of amides is 1. The smallest absolute Gasteiger partial charge is 0.228 e. The van der Waals surface area contributed by atoms with Gasteiger partial charge >= 0.3 is 0 Å². The first kappa shape index (κ1) is 17.2. The first-order valence-electron chi connectivity index (χ1n) is 7.96. The Kier molecular flexibility index (Phi) is 4.85. The Labute approximate surface area is 150 Å². The Balaban J connectivity index is 1.90. The lowest BCUT2D eigenvalue weighted by atomic mass is 10.2. The van der Waals surface area contributed by atoms with Crippen LogP contribution in [-0.2, 0) is 4.79 Å². The van der Waals surface area contributed by atoms with Crippen LogP contribution in [0.2, 0.25) is 0 Å². The number of aryl methyl sites for hydroxylation is 1. The van der Waals surface area contributed by atoms with E-state index >= 15 is 0 Å². The summed E-state index contributed by atoms with van der Waals surface area (Å²) < 4.78 is 6.86. The number of carbonyl (C=O) groups excluding carboxylic acids is 1. The number of nitrogens with zero attached hydrogens (tertiary/aromatic N) is 3. The molecule has 1 aromatic carbocycles. The van der Waals surface area contributed by atoms with Gasteiger partial charge in [-0.25, -0.2) is 4.98 Å². The van der Waals surface area contributed by atoms with Crippen molar-refractivity contribution in [1.82, 2.24) is 14.8 Å². The van der Waals surface area contributed by atoms with Crippen molar-refractivity contribution < 1.29 is 9.53 Å². The summed E-state index contributed by atoms with van der Waals surface area (Å²) in [7, 11) is 1.64. The molecule has 0 saturated heterocycles. The van der Waals surface area contributed by atoms with E-state index in [-0.39, 0.29) is 11.8 Å². The van der Waals surface area contributed by atoms with Crippen molar-refractivity contribution in [3.8, 4) is 22.1 Å². The van der Waals surface area contributed by atoms with Gasteiger partial charge in [0.2, 0.25) is 11.0 Å². The van der Waals surface area contributed by atoms with E-state index in [0.29, 0.717) is 10.9 Å². The van der Waals surface area contributed by atoms with Crippen molar-refractivity contribution in [3.63, 3.8) is 0 Å². The molecule has 0 fully saturated rings. The molecule has 1 amide bonds. The fourth-order valence-corrected chi connectivity index (χ4v) is 3.06. The molecule has 7 heteroatoms. The van der Waals surface area contributed by atoms with Gasteiger partial charge in [-0.05, 0) is 31.2 Å². The van der Waals surface area contributed by atoms with Crippen LogP contribution in [-0.4, -0.2) is 27.8 Å². The van der Waals surface area contributed by atoms with Crippen LogP contribution in [0.3, 0.4) is 0 Å². The number of anilines is 1. The number of carbonyl (C=O) groups is 1. The normalized spacial score (nSPS) is 10.9. The van der Waals surface area contributed by atoms with Crippen LogP contribution >= 0.6 is 11.3 Å². The average Bonchev–Trinajstić information content (AvgIpc) is 3.21. The highest BCUT2D eigenvalue weighted by atomic mass is 32.1. The highest BCUT2D eigenvalue weighted by molar-refractivity contribution is 7.12. The molecular formula is C18H20N4O2S. The first-order chi connectivity index (χ1) is 12.0. The van der Waals surface area contributed by atoms with Crippen molar-refractivity contribution in [2.24, 2.45) is 5.92 Å². The third-order valence-corrected chi connectivity index (χ3v) is 4.48. The lowest BCUT2D eigenvalue weighted by molar-refractivity contribution is -0.118. The van der Waals surface area contributed by atoms with Gasteiger partial charge in [0, 0.05) is 22.9 Å². The van der Waals surface area contributed by atoms with E-state index < -0.39 is 0 Å². The zero-order chi connectivity index (χ0) is 18.0. The summed E-state index contributed by atoms with van der Waals surface area (Å²) in [5.41, 5.74) is 2.68. The summed E-state index contributed by atoms with van der Waals surface area (Å²) in [5, 5.41) is 10.0. The molecule has 2 heterocycles. The highest BCUT2D eigenvalue weighted by Crippen LogP contribution is 2.27. The maximum absolute atomic E-state index is 12.0. The van der Waals surface area contributed by atoms with Gasteiger partial charge in [0.25, 0.3) is 0 Å². The maximum atomic E-state index is 12.0. The van der Waals surface area contributed by atoms with Gasteiger partial charge in [0.05, 0.1) is 18.5 Å². The van der Waals surface area contributed by atoms with Gasteiger partial charge in [0.1, 0.15) is 11.6 Å². The average molecular weight is 356 g/mol. The molecule has 0 aliphatic rings. The molecule has 0 spiro atoms. The quantitative estimate of drug-likeness (QED) is 0.752. The van der Waals surface area contributed by atoms with Crippen LogP contribution in [0.5, 0.6) is 5.75 Å². The van der Waals surface area contributed by atoms with Crippen LogP contribution in [0.1, 0.15) is 19.5 Å². The summed E-state index contributed by atoms with van der Waals surface area (Å²) >= 11 is 1.48. The van der Waals surface area contributed by atoms with E-state index in [4.69, 9.17) is 4.74 Å². The minimum absolute atomic E-state index is 0.0481. The standard InChI is InChI=1S/C18H20N4O2S/c1-11(2)17(23)20-16-9-12(3)21-22(16)18-19-15(10-25-18)13-5-7-14(24-4)8-6-13/h5-11H,1-4H3,(H,20,23). The number of methoxy groups -OCH3 is 1. The van der Waals surface area contributed by atoms with E-state index in [0.717, 1.165) is 22.7 Å². The van der Waals surface area contributed by atoms with Crippen LogP contribution in [0.15, 0.2) is 35.7 Å². The number of hydrogen-bond donors (Lipinski definition) is 1. The molecular weight excluding hydrogens is 336 g/mol. The number of aromatic nitrogens is 3. The number of thiazole rings is 1. The van der Waals surface area contributed by atoms with Crippen molar-refractivity contribution in [2.45, 2.75) is 20.8 Å². The molecule has 0 saturated carbocycles. The second-order valence-corrected chi connectivity index (χ2v) is 6.81. The minimum atomic E-state index is -0.102. The van der Waals surface area contributed by atoms with Crippen molar-refractivity contribution in [2.75, 3.05) is 12.4 Å². The van der Waals surface area contributed by atoms with Gasteiger partial charge < -0.3 is 10.1 Å². The van der Waals surface area contributed by atoms with Gasteiger partial charge in [-0.3, -0.25) is 4.79 Å². The fraction of sp³-hybridized carbons (Fsp3) is 0.278. The number of nitrogens with one attached hydrogen (secondary N) is 1. The highest BCUT2D eigenvalue weighted by Gasteiger charge is 2.15. The van der Waals surface area contributed by atoms with Gasteiger partial charge in [-0.15, -0.1) is 11.3 Å². The predicted octanol–water partition coefficient (Wildman–Crippen LogP) is 3.91. The lowest BCUT2D eigenvalue weighted by Gasteiger charge is -2.08. The van der Waals surface area contributed by atoms with E-state index in [2.05, 4.69) is 15.4 Å². The van der Waals surface area contributed by atoms with E-state index in [1.807, 2.05) is 56.5 Å². The summed E-state index contributed by atoms with van der Waals surface area (Å²) in [6, 6.07) is 9.58. The van der Waals surface area contributed by atoms with E-state index in [1.165, 1.54) is 11.3 Å². The molecule has 0 radical (unpaired) electrons. The molecule has 0 aliphatic carbocycles. The SMILES string of the molecule is COc1ccc(-c2csc(-n3nc(C)cc3NC(=O)C(C)C)n2)cc1. The molecule has 6 nitrogen and oxygen atoms in total. The number of ether oxygens (including phenoxy) is 1. The van der Waals surface area contributed by atoms with Crippen LogP contribution in [0, 0.1) is 12.8 Å². The second-order valence-electron chi connectivity index (χ2n) is 5.97. The second kappa shape index (κ2) is 7.06. The topological polar surface area (TPSA) is 69.0 Å². The van der Waals surface area contributed by atoms with Crippen molar-refractivity contribution >= 4 is 23.1 Å². The molecule has 0 unspecified atom stereocenters. The minimum Gasteiger partial charge on any atom is -0.497 e. The fourth-order valence-electron chi connectivity index (χ4n) is 2.26. The van der Waals surface area contributed by atoms with Crippen molar-refractivity contribution in [1.29, 1.82) is 0 Å².